The lowest BCUT2D eigenvalue weighted by atomic mass is 10.1. The SMILES string of the molecule is CCOc1ccc(NCc2c(Cl)cccc2OC)c(C)c1. The number of aryl methyl sites for hydroxylation is 1. The lowest BCUT2D eigenvalue weighted by molar-refractivity contribution is 0.340. The molecule has 0 amide bonds. The largest absolute Gasteiger partial charge is 0.496 e. The maximum atomic E-state index is 6.24. The van der Waals surface area contributed by atoms with Gasteiger partial charge in [0, 0.05) is 22.8 Å². The summed E-state index contributed by atoms with van der Waals surface area (Å²) in [5.41, 5.74) is 3.14. The minimum absolute atomic E-state index is 0.609. The van der Waals surface area contributed by atoms with Crippen molar-refractivity contribution in [2.24, 2.45) is 0 Å². The molecular formula is C17H20ClNO2. The average molecular weight is 306 g/mol. The number of halogens is 1. The Bertz CT molecular complexity index is 614. The van der Waals surface area contributed by atoms with Crippen molar-refractivity contribution in [3.8, 4) is 11.5 Å². The average Bonchev–Trinajstić information content (AvgIpc) is 2.47. The molecule has 0 radical (unpaired) electrons. The van der Waals surface area contributed by atoms with E-state index in [2.05, 4.69) is 12.2 Å². The highest BCUT2D eigenvalue weighted by molar-refractivity contribution is 6.31. The lowest BCUT2D eigenvalue weighted by Crippen LogP contribution is -2.04. The van der Waals surface area contributed by atoms with Gasteiger partial charge in [-0.25, -0.2) is 0 Å². The highest BCUT2D eigenvalue weighted by Gasteiger charge is 2.08. The van der Waals surface area contributed by atoms with Gasteiger partial charge < -0.3 is 14.8 Å². The summed E-state index contributed by atoms with van der Waals surface area (Å²) in [6, 6.07) is 11.7. The summed E-state index contributed by atoms with van der Waals surface area (Å²) >= 11 is 6.24. The van der Waals surface area contributed by atoms with Crippen LogP contribution < -0.4 is 14.8 Å². The molecule has 2 aromatic carbocycles. The van der Waals surface area contributed by atoms with Crippen molar-refractivity contribution in [3.05, 3.63) is 52.5 Å². The Morgan fingerprint density at radius 2 is 2.00 bits per heavy atom. The Labute approximate surface area is 130 Å². The topological polar surface area (TPSA) is 30.5 Å². The van der Waals surface area contributed by atoms with Crippen LogP contribution >= 0.6 is 11.6 Å². The van der Waals surface area contributed by atoms with E-state index in [1.54, 1.807) is 7.11 Å². The van der Waals surface area contributed by atoms with Crippen molar-refractivity contribution in [2.45, 2.75) is 20.4 Å². The standard InChI is InChI=1S/C17H20ClNO2/c1-4-21-13-8-9-16(12(2)10-13)19-11-14-15(18)6-5-7-17(14)20-3/h5-10,19H,4,11H2,1-3H3. The van der Waals surface area contributed by atoms with Gasteiger partial charge in [0.25, 0.3) is 0 Å². The van der Waals surface area contributed by atoms with Crippen molar-refractivity contribution in [3.63, 3.8) is 0 Å². The second-order valence-electron chi connectivity index (χ2n) is 4.68. The summed E-state index contributed by atoms with van der Waals surface area (Å²) < 4.78 is 10.8. The number of hydrogen-bond donors (Lipinski definition) is 1. The maximum absolute atomic E-state index is 6.24. The first-order valence-corrected chi connectivity index (χ1v) is 7.32. The summed E-state index contributed by atoms with van der Waals surface area (Å²) in [7, 11) is 1.65. The molecule has 0 fully saturated rings. The molecule has 0 atom stereocenters. The van der Waals surface area contributed by atoms with Gasteiger partial charge in [-0.15, -0.1) is 0 Å². The van der Waals surface area contributed by atoms with Crippen LogP contribution in [-0.2, 0) is 6.54 Å². The monoisotopic (exact) mass is 305 g/mol. The molecule has 4 heteroatoms. The van der Waals surface area contributed by atoms with Crippen molar-refractivity contribution in [1.29, 1.82) is 0 Å². The molecule has 0 unspecified atom stereocenters. The predicted octanol–water partition coefficient (Wildman–Crippen LogP) is 4.67. The minimum atomic E-state index is 0.609. The van der Waals surface area contributed by atoms with Gasteiger partial charge in [-0.2, -0.15) is 0 Å². The van der Waals surface area contributed by atoms with Crippen LogP contribution in [0.5, 0.6) is 11.5 Å². The van der Waals surface area contributed by atoms with Crippen molar-refractivity contribution in [2.75, 3.05) is 19.0 Å². The highest BCUT2D eigenvalue weighted by atomic mass is 35.5. The summed E-state index contributed by atoms with van der Waals surface area (Å²) in [5, 5.41) is 4.09. The van der Waals surface area contributed by atoms with Crippen molar-refractivity contribution >= 4 is 17.3 Å². The van der Waals surface area contributed by atoms with Gasteiger partial charge in [0.05, 0.1) is 13.7 Å². The molecule has 21 heavy (non-hydrogen) atoms. The number of nitrogens with one attached hydrogen (secondary N) is 1. The number of rotatable bonds is 6. The zero-order chi connectivity index (χ0) is 15.2. The molecule has 0 spiro atoms. The Hall–Kier alpha value is -1.87. The van der Waals surface area contributed by atoms with Gasteiger partial charge in [-0.05, 0) is 49.7 Å². The number of benzene rings is 2. The van der Waals surface area contributed by atoms with E-state index in [9.17, 15) is 0 Å². The summed E-state index contributed by atoms with van der Waals surface area (Å²) in [6.45, 7) is 5.31. The fourth-order valence-corrected chi connectivity index (χ4v) is 2.41. The second-order valence-corrected chi connectivity index (χ2v) is 5.09. The van der Waals surface area contributed by atoms with E-state index >= 15 is 0 Å². The molecule has 0 aliphatic rings. The third-order valence-electron chi connectivity index (χ3n) is 3.26. The van der Waals surface area contributed by atoms with E-state index in [4.69, 9.17) is 21.1 Å². The second kappa shape index (κ2) is 7.23. The molecule has 2 aromatic rings. The predicted molar refractivity (Wildman–Crippen MR) is 87.7 cm³/mol. The van der Waals surface area contributed by atoms with E-state index in [0.717, 1.165) is 28.3 Å². The molecule has 2 rings (SSSR count). The molecule has 0 aliphatic heterocycles. The van der Waals surface area contributed by atoms with Gasteiger partial charge in [0.1, 0.15) is 11.5 Å². The Balaban J connectivity index is 2.13. The zero-order valence-electron chi connectivity index (χ0n) is 12.6. The van der Waals surface area contributed by atoms with Crippen LogP contribution in [0.4, 0.5) is 5.69 Å². The third kappa shape index (κ3) is 3.82. The van der Waals surface area contributed by atoms with Crippen LogP contribution in [0.15, 0.2) is 36.4 Å². The molecule has 1 N–H and O–H groups in total. The minimum Gasteiger partial charge on any atom is -0.496 e. The van der Waals surface area contributed by atoms with Gasteiger partial charge in [0.15, 0.2) is 0 Å². The number of ether oxygens (including phenoxy) is 2. The van der Waals surface area contributed by atoms with Crippen LogP contribution in [0.25, 0.3) is 0 Å². The van der Waals surface area contributed by atoms with E-state index < -0.39 is 0 Å². The smallest absolute Gasteiger partial charge is 0.125 e. The maximum Gasteiger partial charge on any atom is 0.125 e. The third-order valence-corrected chi connectivity index (χ3v) is 3.61. The van der Waals surface area contributed by atoms with Crippen LogP contribution in [0.3, 0.4) is 0 Å². The molecular weight excluding hydrogens is 286 g/mol. The van der Waals surface area contributed by atoms with E-state index in [-0.39, 0.29) is 0 Å². The molecule has 0 saturated heterocycles. The lowest BCUT2D eigenvalue weighted by Gasteiger charge is -2.14. The number of methoxy groups -OCH3 is 1. The highest BCUT2D eigenvalue weighted by Crippen LogP contribution is 2.28. The van der Waals surface area contributed by atoms with Crippen LogP contribution in [-0.4, -0.2) is 13.7 Å². The Morgan fingerprint density at radius 1 is 1.19 bits per heavy atom. The zero-order valence-corrected chi connectivity index (χ0v) is 13.3. The summed E-state index contributed by atoms with van der Waals surface area (Å²) in [6.07, 6.45) is 0. The molecule has 0 aromatic heterocycles. The summed E-state index contributed by atoms with van der Waals surface area (Å²) in [5.74, 6) is 1.68. The van der Waals surface area contributed by atoms with Gasteiger partial charge in [-0.1, -0.05) is 17.7 Å². The molecule has 0 saturated carbocycles. The number of anilines is 1. The first-order chi connectivity index (χ1) is 10.2. The van der Waals surface area contributed by atoms with E-state index in [1.807, 2.05) is 43.3 Å². The van der Waals surface area contributed by atoms with Gasteiger partial charge in [0.2, 0.25) is 0 Å². The van der Waals surface area contributed by atoms with Crippen molar-refractivity contribution in [1.82, 2.24) is 0 Å². The molecule has 3 nitrogen and oxygen atoms in total. The first-order valence-electron chi connectivity index (χ1n) is 6.94. The Morgan fingerprint density at radius 3 is 2.67 bits per heavy atom. The van der Waals surface area contributed by atoms with E-state index in [1.165, 1.54) is 0 Å². The van der Waals surface area contributed by atoms with Crippen LogP contribution in [0.2, 0.25) is 5.02 Å². The van der Waals surface area contributed by atoms with Gasteiger partial charge >= 0.3 is 0 Å². The quantitative estimate of drug-likeness (QED) is 0.841. The van der Waals surface area contributed by atoms with Crippen LogP contribution in [0.1, 0.15) is 18.1 Å². The fourth-order valence-electron chi connectivity index (χ4n) is 2.18. The molecule has 112 valence electrons. The molecule has 0 bridgehead atoms. The molecule has 0 aliphatic carbocycles. The fraction of sp³-hybridized carbons (Fsp3) is 0.294. The normalized spacial score (nSPS) is 10.3. The van der Waals surface area contributed by atoms with E-state index in [0.29, 0.717) is 18.2 Å². The van der Waals surface area contributed by atoms with Gasteiger partial charge in [-0.3, -0.25) is 0 Å². The van der Waals surface area contributed by atoms with Crippen LogP contribution in [0, 0.1) is 6.92 Å². The first kappa shape index (κ1) is 15.5. The Kier molecular flexibility index (Phi) is 5.34. The number of hydrogen-bond acceptors (Lipinski definition) is 3. The van der Waals surface area contributed by atoms with Crippen molar-refractivity contribution < 1.29 is 9.47 Å². The molecule has 0 heterocycles. The summed E-state index contributed by atoms with van der Waals surface area (Å²) in [4.78, 5) is 0.